The van der Waals surface area contributed by atoms with Crippen LogP contribution in [0.5, 0.6) is 0 Å². The van der Waals surface area contributed by atoms with Gasteiger partial charge in [0.05, 0.1) is 12.5 Å². The van der Waals surface area contributed by atoms with Crippen LogP contribution in [0.4, 0.5) is 5.69 Å². The van der Waals surface area contributed by atoms with Crippen molar-refractivity contribution in [3.8, 4) is 0 Å². The van der Waals surface area contributed by atoms with Crippen LogP contribution in [0.3, 0.4) is 0 Å². The van der Waals surface area contributed by atoms with Gasteiger partial charge in [0.1, 0.15) is 0 Å². The van der Waals surface area contributed by atoms with E-state index < -0.39 is 6.10 Å². The Hall–Kier alpha value is -2.17. The van der Waals surface area contributed by atoms with E-state index in [0.29, 0.717) is 17.8 Å². The first-order valence-corrected chi connectivity index (χ1v) is 6.95. The fraction of sp³-hybridized carbons (Fsp3) is 0.235. The lowest BCUT2D eigenvalue weighted by molar-refractivity contribution is -0.115. The predicted molar refractivity (Wildman–Crippen MR) is 83.7 cm³/mol. The van der Waals surface area contributed by atoms with Gasteiger partial charge in [-0.1, -0.05) is 42.5 Å². The molecule has 0 bridgehead atoms. The largest absolute Gasteiger partial charge is 0.389 e. The SMILES string of the molecule is CC(O)c1ccccc1NC(=O)Cc1ccccc1CN. The summed E-state index contributed by atoms with van der Waals surface area (Å²) in [7, 11) is 0. The maximum atomic E-state index is 12.2. The number of carbonyl (C=O) groups is 1. The minimum atomic E-state index is -0.627. The summed E-state index contributed by atoms with van der Waals surface area (Å²) in [5, 5.41) is 12.6. The highest BCUT2D eigenvalue weighted by Crippen LogP contribution is 2.22. The van der Waals surface area contributed by atoms with Crippen molar-refractivity contribution in [2.24, 2.45) is 5.73 Å². The molecule has 4 N–H and O–H groups in total. The summed E-state index contributed by atoms with van der Waals surface area (Å²) >= 11 is 0. The average Bonchev–Trinajstić information content (AvgIpc) is 2.48. The number of hydrogen-bond donors (Lipinski definition) is 3. The highest BCUT2D eigenvalue weighted by atomic mass is 16.3. The number of amides is 1. The van der Waals surface area contributed by atoms with E-state index in [1.807, 2.05) is 36.4 Å². The summed E-state index contributed by atoms with van der Waals surface area (Å²) in [6.07, 6.45) is -0.362. The summed E-state index contributed by atoms with van der Waals surface area (Å²) in [5.41, 5.74) is 8.92. The molecule has 0 fully saturated rings. The van der Waals surface area contributed by atoms with Gasteiger partial charge < -0.3 is 16.2 Å². The fourth-order valence-corrected chi connectivity index (χ4v) is 2.27. The number of nitrogens with two attached hydrogens (primary N) is 1. The molecule has 0 aromatic heterocycles. The van der Waals surface area contributed by atoms with Crippen LogP contribution < -0.4 is 11.1 Å². The van der Waals surface area contributed by atoms with Crippen molar-refractivity contribution >= 4 is 11.6 Å². The van der Waals surface area contributed by atoms with E-state index >= 15 is 0 Å². The Bertz CT molecular complexity index is 624. The van der Waals surface area contributed by atoms with E-state index in [0.717, 1.165) is 11.1 Å². The Morgan fingerprint density at radius 3 is 2.43 bits per heavy atom. The van der Waals surface area contributed by atoms with Crippen molar-refractivity contribution in [3.63, 3.8) is 0 Å². The van der Waals surface area contributed by atoms with Crippen LogP contribution in [0.15, 0.2) is 48.5 Å². The molecule has 2 aromatic rings. The molecular formula is C17H20N2O2. The lowest BCUT2D eigenvalue weighted by Gasteiger charge is -2.13. The van der Waals surface area contributed by atoms with Gasteiger partial charge in [0.2, 0.25) is 5.91 Å². The van der Waals surface area contributed by atoms with Crippen molar-refractivity contribution in [2.45, 2.75) is 26.0 Å². The standard InChI is InChI=1S/C17H20N2O2/c1-12(20)15-8-4-5-9-16(15)19-17(21)10-13-6-2-3-7-14(13)11-18/h2-9,12,20H,10-11,18H2,1H3,(H,19,21). The minimum absolute atomic E-state index is 0.121. The second-order valence-electron chi connectivity index (χ2n) is 4.96. The first-order chi connectivity index (χ1) is 10.1. The van der Waals surface area contributed by atoms with Gasteiger partial charge >= 0.3 is 0 Å². The van der Waals surface area contributed by atoms with E-state index in [9.17, 15) is 9.90 Å². The van der Waals surface area contributed by atoms with Gasteiger partial charge in [0.15, 0.2) is 0 Å². The molecule has 0 aliphatic carbocycles. The molecule has 1 atom stereocenters. The highest BCUT2D eigenvalue weighted by molar-refractivity contribution is 5.93. The summed E-state index contributed by atoms with van der Waals surface area (Å²) in [6, 6.07) is 14.9. The molecule has 0 radical (unpaired) electrons. The molecule has 4 heteroatoms. The Balaban J connectivity index is 2.12. The third-order valence-electron chi connectivity index (χ3n) is 3.37. The first-order valence-electron chi connectivity index (χ1n) is 6.95. The molecular weight excluding hydrogens is 264 g/mol. The molecule has 0 saturated carbocycles. The Morgan fingerprint density at radius 1 is 1.14 bits per heavy atom. The first kappa shape index (κ1) is 15.2. The third kappa shape index (κ3) is 3.90. The predicted octanol–water partition coefficient (Wildman–Crippen LogP) is 2.38. The van der Waals surface area contributed by atoms with Crippen molar-refractivity contribution in [3.05, 3.63) is 65.2 Å². The zero-order chi connectivity index (χ0) is 15.2. The molecule has 2 aromatic carbocycles. The second kappa shape index (κ2) is 7.02. The van der Waals surface area contributed by atoms with Gasteiger partial charge in [0, 0.05) is 17.8 Å². The van der Waals surface area contributed by atoms with Gasteiger partial charge in [-0.25, -0.2) is 0 Å². The Kier molecular flexibility index (Phi) is 5.09. The molecule has 0 heterocycles. The zero-order valence-electron chi connectivity index (χ0n) is 12.0. The quantitative estimate of drug-likeness (QED) is 0.789. The van der Waals surface area contributed by atoms with Crippen molar-refractivity contribution in [1.29, 1.82) is 0 Å². The van der Waals surface area contributed by atoms with Crippen LogP contribution in [0.2, 0.25) is 0 Å². The molecule has 110 valence electrons. The van der Waals surface area contributed by atoms with Gasteiger partial charge in [-0.05, 0) is 24.1 Å². The lowest BCUT2D eigenvalue weighted by atomic mass is 10.0. The normalized spacial score (nSPS) is 12.0. The number of aliphatic hydroxyl groups excluding tert-OH is 1. The summed E-state index contributed by atoms with van der Waals surface area (Å²) in [5.74, 6) is -0.121. The number of nitrogens with one attached hydrogen (secondary N) is 1. The maximum Gasteiger partial charge on any atom is 0.228 e. The summed E-state index contributed by atoms with van der Waals surface area (Å²) < 4.78 is 0. The molecule has 0 aliphatic rings. The lowest BCUT2D eigenvalue weighted by Crippen LogP contribution is -2.17. The van der Waals surface area contributed by atoms with Crippen LogP contribution in [-0.4, -0.2) is 11.0 Å². The van der Waals surface area contributed by atoms with E-state index in [4.69, 9.17) is 5.73 Å². The molecule has 1 unspecified atom stereocenters. The van der Waals surface area contributed by atoms with Gasteiger partial charge in [-0.2, -0.15) is 0 Å². The Morgan fingerprint density at radius 2 is 1.76 bits per heavy atom. The summed E-state index contributed by atoms with van der Waals surface area (Å²) in [4.78, 5) is 12.2. The molecule has 0 saturated heterocycles. The molecule has 21 heavy (non-hydrogen) atoms. The third-order valence-corrected chi connectivity index (χ3v) is 3.37. The van der Waals surface area contributed by atoms with Crippen LogP contribution in [0, 0.1) is 0 Å². The van der Waals surface area contributed by atoms with Crippen LogP contribution in [0.1, 0.15) is 29.7 Å². The van der Waals surface area contributed by atoms with E-state index in [1.54, 1.807) is 19.1 Å². The number of benzene rings is 2. The van der Waals surface area contributed by atoms with E-state index in [-0.39, 0.29) is 12.3 Å². The van der Waals surface area contributed by atoms with Gasteiger partial charge in [0.25, 0.3) is 0 Å². The molecule has 1 amide bonds. The zero-order valence-corrected chi connectivity index (χ0v) is 12.0. The smallest absolute Gasteiger partial charge is 0.228 e. The Labute approximate surface area is 124 Å². The number of carbonyl (C=O) groups excluding carboxylic acids is 1. The number of anilines is 1. The van der Waals surface area contributed by atoms with E-state index in [1.165, 1.54) is 0 Å². The van der Waals surface area contributed by atoms with Gasteiger partial charge in [-0.15, -0.1) is 0 Å². The summed E-state index contributed by atoms with van der Waals surface area (Å²) in [6.45, 7) is 2.09. The molecule has 4 nitrogen and oxygen atoms in total. The number of rotatable bonds is 5. The monoisotopic (exact) mass is 284 g/mol. The van der Waals surface area contributed by atoms with Crippen LogP contribution >= 0.6 is 0 Å². The number of hydrogen-bond acceptors (Lipinski definition) is 3. The number of aliphatic hydroxyl groups is 1. The second-order valence-corrected chi connectivity index (χ2v) is 4.96. The average molecular weight is 284 g/mol. The van der Waals surface area contributed by atoms with Crippen molar-refractivity contribution in [1.82, 2.24) is 0 Å². The molecule has 2 rings (SSSR count). The van der Waals surface area contributed by atoms with Crippen molar-refractivity contribution in [2.75, 3.05) is 5.32 Å². The molecule has 0 aliphatic heterocycles. The highest BCUT2D eigenvalue weighted by Gasteiger charge is 2.11. The van der Waals surface area contributed by atoms with Crippen LogP contribution in [-0.2, 0) is 17.8 Å². The number of para-hydroxylation sites is 1. The topological polar surface area (TPSA) is 75.3 Å². The minimum Gasteiger partial charge on any atom is -0.389 e. The maximum absolute atomic E-state index is 12.2. The fourth-order valence-electron chi connectivity index (χ4n) is 2.27. The van der Waals surface area contributed by atoms with Crippen LogP contribution in [0.25, 0.3) is 0 Å². The van der Waals surface area contributed by atoms with Crippen molar-refractivity contribution < 1.29 is 9.90 Å². The van der Waals surface area contributed by atoms with E-state index in [2.05, 4.69) is 5.32 Å². The van der Waals surface area contributed by atoms with Gasteiger partial charge in [-0.3, -0.25) is 4.79 Å². The molecule has 0 spiro atoms.